The summed E-state index contributed by atoms with van der Waals surface area (Å²) in [5.41, 5.74) is 1.52. The smallest absolute Gasteiger partial charge is 0.253 e. The van der Waals surface area contributed by atoms with E-state index >= 15 is 0 Å². The van der Waals surface area contributed by atoms with Gasteiger partial charge in [0.05, 0.1) is 5.75 Å². The maximum atomic E-state index is 12.8. The molecule has 7 heteroatoms. The number of nitrogens with zero attached hydrogens (tertiary/aromatic N) is 3. The van der Waals surface area contributed by atoms with Crippen LogP contribution in [0.15, 0.2) is 24.3 Å². The van der Waals surface area contributed by atoms with Crippen molar-refractivity contribution in [1.82, 2.24) is 14.1 Å². The first-order valence-corrected chi connectivity index (χ1v) is 11.3. The van der Waals surface area contributed by atoms with Gasteiger partial charge in [0.1, 0.15) is 0 Å². The van der Waals surface area contributed by atoms with Crippen LogP contribution in [0.4, 0.5) is 0 Å². The summed E-state index contributed by atoms with van der Waals surface area (Å²) in [4.78, 5) is 16.8. The van der Waals surface area contributed by atoms with Gasteiger partial charge in [-0.15, -0.1) is 0 Å². The normalized spacial score (nSPS) is 22.0. The van der Waals surface area contributed by atoms with Gasteiger partial charge in [-0.2, -0.15) is 4.31 Å². The first kappa shape index (κ1) is 20.3. The van der Waals surface area contributed by atoms with Crippen LogP contribution < -0.4 is 0 Å². The zero-order valence-corrected chi connectivity index (χ0v) is 17.5. The molecule has 27 heavy (non-hydrogen) atoms. The molecule has 0 N–H and O–H groups in total. The highest BCUT2D eigenvalue weighted by Crippen LogP contribution is 2.29. The monoisotopic (exact) mass is 393 g/mol. The fourth-order valence-corrected chi connectivity index (χ4v) is 5.41. The van der Waals surface area contributed by atoms with Crippen LogP contribution in [0.1, 0.15) is 42.6 Å². The Morgan fingerprint density at radius 1 is 1.04 bits per heavy atom. The zero-order chi connectivity index (χ0) is 19.7. The number of hydrogen-bond donors (Lipinski definition) is 0. The molecule has 0 aromatic heterocycles. The van der Waals surface area contributed by atoms with Crippen molar-refractivity contribution >= 4 is 15.9 Å². The molecule has 1 aromatic rings. The van der Waals surface area contributed by atoms with Crippen molar-refractivity contribution < 1.29 is 13.2 Å². The van der Waals surface area contributed by atoms with Crippen molar-refractivity contribution in [1.29, 1.82) is 0 Å². The Bertz CT molecular complexity index is 766. The van der Waals surface area contributed by atoms with Gasteiger partial charge in [-0.1, -0.05) is 26.0 Å². The average Bonchev–Trinajstić information content (AvgIpc) is 2.61. The largest absolute Gasteiger partial charge is 0.338 e. The summed E-state index contributed by atoms with van der Waals surface area (Å²) >= 11 is 0. The maximum Gasteiger partial charge on any atom is 0.253 e. The Morgan fingerprint density at radius 2 is 1.67 bits per heavy atom. The van der Waals surface area contributed by atoms with E-state index < -0.39 is 10.0 Å². The van der Waals surface area contributed by atoms with Gasteiger partial charge in [-0.25, -0.2) is 8.42 Å². The van der Waals surface area contributed by atoms with Crippen LogP contribution in [-0.4, -0.2) is 74.7 Å². The van der Waals surface area contributed by atoms with Gasteiger partial charge in [-0.3, -0.25) is 4.79 Å². The van der Waals surface area contributed by atoms with E-state index in [2.05, 4.69) is 18.7 Å². The van der Waals surface area contributed by atoms with Gasteiger partial charge in [-0.05, 0) is 43.0 Å². The van der Waals surface area contributed by atoms with E-state index in [-0.39, 0.29) is 17.1 Å². The predicted octanol–water partition coefficient (Wildman–Crippen LogP) is 2.03. The lowest BCUT2D eigenvalue weighted by atomic mass is 9.84. The Morgan fingerprint density at radius 3 is 2.26 bits per heavy atom. The third-order valence-corrected chi connectivity index (χ3v) is 7.44. The number of rotatable bonds is 4. The van der Waals surface area contributed by atoms with E-state index in [1.807, 2.05) is 11.9 Å². The Kier molecular flexibility index (Phi) is 5.93. The van der Waals surface area contributed by atoms with Crippen LogP contribution in [0.5, 0.6) is 0 Å². The standard InChI is InChI=1S/C20H31N3O3S/c1-20(2)9-4-10-22(16-20)19(24)18-7-5-17(6-8-18)15-27(25,26)23-13-11-21(3)12-14-23/h5-8H,4,9-16H2,1-3H3. The number of sulfonamides is 1. The van der Waals surface area contributed by atoms with Crippen LogP contribution in [0, 0.1) is 5.41 Å². The molecule has 0 unspecified atom stereocenters. The van der Waals surface area contributed by atoms with E-state index in [1.54, 1.807) is 28.6 Å². The SMILES string of the molecule is CN1CCN(S(=O)(=O)Cc2ccc(C(=O)N3CCCC(C)(C)C3)cc2)CC1. The molecule has 0 radical (unpaired) electrons. The molecule has 0 atom stereocenters. The maximum absolute atomic E-state index is 12.8. The van der Waals surface area contributed by atoms with Crippen LogP contribution in [0.25, 0.3) is 0 Å². The van der Waals surface area contributed by atoms with E-state index in [0.29, 0.717) is 18.7 Å². The molecule has 2 heterocycles. The van der Waals surface area contributed by atoms with Crippen molar-refractivity contribution in [2.45, 2.75) is 32.4 Å². The number of carbonyl (C=O) groups is 1. The highest BCUT2D eigenvalue weighted by atomic mass is 32.2. The molecular formula is C20H31N3O3S. The number of carbonyl (C=O) groups excluding carboxylic acids is 1. The van der Waals surface area contributed by atoms with Gasteiger partial charge in [0, 0.05) is 44.8 Å². The first-order valence-electron chi connectivity index (χ1n) is 9.71. The van der Waals surface area contributed by atoms with E-state index in [1.165, 1.54) is 0 Å². The highest BCUT2D eigenvalue weighted by Gasteiger charge is 2.30. The molecule has 0 aliphatic carbocycles. The summed E-state index contributed by atoms with van der Waals surface area (Å²) in [5.74, 6) is 0.0262. The predicted molar refractivity (Wildman–Crippen MR) is 107 cm³/mol. The van der Waals surface area contributed by atoms with E-state index in [9.17, 15) is 13.2 Å². The molecule has 1 amide bonds. The second-order valence-corrected chi connectivity index (χ2v) is 10.6. The Hall–Kier alpha value is -1.44. The second kappa shape index (κ2) is 7.89. The van der Waals surface area contributed by atoms with Gasteiger partial charge in [0.2, 0.25) is 10.0 Å². The Labute approximate surface area is 163 Å². The molecule has 2 aliphatic heterocycles. The lowest BCUT2D eigenvalue weighted by Crippen LogP contribution is -2.47. The molecule has 6 nitrogen and oxygen atoms in total. The van der Waals surface area contributed by atoms with Crippen molar-refractivity contribution in [3.8, 4) is 0 Å². The third-order valence-electron chi connectivity index (χ3n) is 5.59. The van der Waals surface area contributed by atoms with Crippen molar-refractivity contribution in [2.24, 2.45) is 5.41 Å². The molecule has 2 aliphatic rings. The van der Waals surface area contributed by atoms with Crippen LogP contribution in [0.3, 0.4) is 0 Å². The molecule has 0 saturated carbocycles. The lowest BCUT2D eigenvalue weighted by Gasteiger charge is -2.38. The molecule has 0 bridgehead atoms. The zero-order valence-electron chi connectivity index (χ0n) is 16.6. The molecule has 1 aromatic carbocycles. The number of likely N-dealkylation sites (tertiary alicyclic amines) is 1. The van der Waals surface area contributed by atoms with Crippen LogP contribution >= 0.6 is 0 Å². The second-order valence-electron chi connectivity index (χ2n) is 8.65. The first-order chi connectivity index (χ1) is 12.7. The van der Waals surface area contributed by atoms with Gasteiger partial charge in [0.15, 0.2) is 0 Å². The van der Waals surface area contributed by atoms with Crippen molar-refractivity contribution in [3.05, 3.63) is 35.4 Å². The average molecular weight is 394 g/mol. The van der Waals surface area contributed by atoms with E-state index in [4.69, 9.17) is 0 Å². The van der Waals surface area contributed by atoms with Crippen LogP contribution in [-0.2, 0) is 15.8 Å². The summed E-state index contributed by atoms with van der Waals surface area (Å²) in [6, 6.07) is 7.07. The quantitative estimate of drug-likeness (QED) is 0.785. The molecule has 3 rings (SSSR count). The number of amides is 1. The summed E-state index contributed by atoms with van der Waals surface area (Å²) in [7, 11) is -1.31. The number of hydrogen-bond acceptors (Lipinski definition) is 4. The highest BCUT2D eigenvalue weighted by molar-refractivity contribution is 7.88. The number of likely N-dealkylation sites (N-methyl/N-ethyl adjacent to an activating group) is 1. The molecular weight excluding hydrogens is 362 g/mol. The van der Waals surface area contributed by atoms with Crippen LogP contribution in [0.2, 0.25) is 0 Å². The third kappa shape index (κ3) is 5.09. The summed E-state index contributed by atoms with van der Waals surface area (Å²) in [6.45, 7) is 8.56. The fourth-order valence-electron chi connectivity index (χ4n) is 3.89. The molecule has 150 valence electrons. The summed E-state index contributed by atoms with van der Waals surface area (Å²) < 4.78 is 26.8. The summed E-state index contributed by atoms with van der Waals surface area (Å²) in [5, 5.41) is 0. The molecule has 2 fully saturated rings. The van der Waals surface area contributed by atoms with E-state index in [0.717, 1.165) is 44.6 Å². The van der Waals surface area contributed by atoms with Gasteiger partial charge >= 0.3 is 0 Å². The Balaban J connectivity index is 1.64. The topological polar surface area (TPSA) is 60.9 Å². The van der Waals surface area contributed by atoms with Crippen molar-refractivity contribution in [2.75, 3.05) is 46.3 Å². The summed E-state index contributed by atoms with van der Waals surface area (Å²) in [6.07, 6.45) is 2.17. The minimum absolute atomic E-state index is 0.0120. The van der Waals surface area contributed by atoms with Gasteiger partial charge in [0.25, 0.3) is 5.91 Å². The minimum Gasteiger partial charge on any atom is -0.338 e. The number of benzene rings is 1. The van der Waals surface area contributed by atoms with Crippen molar-refractivity contribution in [3.63, 3.8) is 0 Å². The minimum atomic E-state index is -3.32. The fraction of sp³-hybridized carbons (Fsp3) is 0.650. The number of piperidine rings is 1. The lowest BCUT2D eigenvalue weighted by molar-refractivity contribution is 0.0583. The van der Waals surface area contributed by atoms with Gasteiger partial charge < -0.3 is 9.80 Å². The number of piperazine rings is 1. The molecule has 2 saturated heterocycles. The molecule has 0 spiro atoms.